The van der Waals surface area contributed by atoms with Crippen LogP contribution in [-0.4, -0.2) is 41.3 Å². The van der Waals surface area contributed by atoms with Gasteiger partial charge in [-0.1, -0.05) is 6.07 Å². The SMILES string of the molecule is Cc1nc(N2CCOCC2)c2oc(-c3ccccn3)cc2n1. The van der Waals surface area contributed by atoms with E-state index in [1.807, 2.05) is 31.2 Å². The summed E-state index contributed by atoms with van der Waals surface area (Å²) >= 11 is 0. The maximum absolute atomic E-state index is 6.02. The van der Waals surface area contributed by atoms with Crippen LogP contribution in [0.25, 0.3) is 22.6 Å². The number of ether oxygens (including phenoxy) is 1. The summed E-state index contributed by atoms with van der Waals surface area (Å²) in [5.41, 5.74) is 2.33. The van der Waals surface area contributed by atoms with Crippen LogP contribution < -0.4 is 4.90 Å². The summed E-state index contributed by atoms with van der Waals surface area (Å²) < 4.78 is 11.4. The van der Waals surface area contributed by atoms with E-state index in [1.165, 1.54) is 0 Å². The smallest absolute Gasteiger partial charge is 0.195 e. The van der Waals surface area contributed by atoms with Crippen LogP contribution in [-0.2, 0) is 4.74 Å². The summed E-state index contributed by atoms with van der Waals surface area (Å²) in [6.07, 6.45) is 1.75. The van der Waals surface area contributed by atoms with Crippen LogP contribution in [0.15, 0.2) is 34.9 Å². The second-order valence-corrected chi connectivity index (χ2v) is 5.23. The fourth-order valence-electron chi connectivity index (χ4n) is 2.65. The van der Waals surface area contributed by atoms with Gasteiger partial charge in [-0.25, -0.2) is 9.97 Å². The minimum absolute atomic E-state index is 0.707. The molecule has 6 nitrogen and oxygen atoms in total. The average Bonchev–Trinajstić information content (AvgIpc) is 2.99. The van der Waals surface area contributed by atoms with E-state index in [9.17, 15) is 0 Å². The van der Waals surface area contributed by atoms with E-state index in [2.05, 4.69) is 19.9 Å². The first-order valence-corrected chi connectivity index (χ1v) is 7.33. The van der Waals surface area contributed by atoms with Crippen molar-refractivity contribution in [2.45, 2.75) is 6.92 Å². The summed E-state index contributed by atoms with van der Waals surface area (Å²) in [7, 11) is 0. The molecule has 3 aromatic heterocycles. The van der Waals surface area contributed by atoms with Crippen molar-refractivity contribution in [3.63, 3.8) is 0 Å². The topological polar surface area (TPSA) is 64.3 Å². The number of furan rings is 1. The third kappa shape index (κ3) is 2.31. The molecule has 0 N–H and O–H groups in total. The third-order valence-electron chi connectivity index (χ3n) is 3.69. The molecule has 4 rings (SSSR count). The van der Waals surface area contributed by atoms with E-state index in [0.29, 0.717) is 24.6 Å². The predicted octanol–water partition coefficient (Wildman–Crippen LogP) is 2.43. The summed E-state index contributed by atoms with van der Waals surface area (Å²) in [5, 5.41) is 0. The highest BCUT2D eigenvalue weighted by Crippen LogP contribution is 2.31. The molecular formula is C16H16N4O2. The Bertz CT molecular complexity index is 795. The Hall–Kier alpha value is -2.47. The number of fused-ring (bicyclic) bond motifs is 1. The lowest BCUT2D eigenvalue weighted by Gasteiger charge is -2.27. The zero-order valence-corrected chi connectivity index (χ0v) is 12.3. The maximum atomic E-state index is 6.02. The van der Waals surface area contributed by atoms with Gasteiger partial charge in [-0.2, -0.15) is 0 Å². The number of rotatable bonds is 2. The summed E-state index contributed by atoms with van der Waals surface area (Å²) in [5.74, 6) is 2.29. The number of nitrogens with zero attached hydrogens (tertiary/aromatic N) is 4. The normalized spacial score (nSPS) is 15.4. The van der Waals surface area contributed by atoms with Gasteiger partial charge in [0.2, 0.25) is 0 Å². The van der Waals surface area contributed by atoms with E-state index in [-0.39, 0.29) is 0 Å². The van der Waals surface area contributed by atoms with Crippen molar-refractivity contribution in [3.05, 3.63) is 36.3 Å². The van der Waals surface area contributed by atoms with Crippen LogP contribution in [0.5, 0.6) is 0 Å². The van der Waals surface area contributed by atoms with Crippen molar-refractivity contribution in [2.24, 2.45) is 0 Å². The molecule has 0 amide bonds. The molecule has 112 valence electrons. The largest absolute Gasteiger partial charge is 0.449 e. The van der Waals surface area contributed by atoms with Gasteiger partial charge in [-0.3, -0.25) is 4.98 Å². The van der Waals surface area contributed by atoms with E-state index >= 15 is 0 Å². The van der Waals surface area contributed by atoms with Crippen molar-refractivity contribution >= 4 is 16.9 Å². The van der Waals surface area contributed by atoms with Gasteiger partial charge < -0.3 is 14.1 Å². The number of pyridine rings is 1. The molecule has 0 aromatic carbocycles. The van der Waals surface area contributed by atoms with E-state index in [4.69, 9.17) is 9.15 Å². The Morgan fingerprint density at radius 1 is 1.14 bits per heavy atom. The lowest BCUT2D eigenvalue weighted by Crippen LogP contribution is -2.37. The van der Waals surface area contributed by atoms with Gasteiger partial charge in [0, 0.05) is 25.4 Å². The van der Waals surface area contributed by atoms with Crippen LogP contribution in [0, 0.1) is 6.92 Å². The van der Waals surface area contributed by atoms with Crippen LogP contribution >= 0.6 is 0 Å². The molecule has 0 atom stereocenters. The highest BCUT2D eigenvalue weighted by molar-refractivity contribution is 5.87. The summed E-state index contributed by atoms with van der Waals surface area (Å²) in [6, 6.07) is 7.67. The zero-order chi connectivity index (χ0) is 14.9. The molecule has 0 saturated carbocycles. The Morgan fingerprint density at radius 2 is 2.00 bits per heavy atom. The molecule has 0 unspecified atom stereocenters. The Balaban J connectivity index is 1.84. The molecular weight excluding hydrogens is 280 g/mol. The van der Waals surface area contributed by atoms with Gasteiger partial charge in [0.05, 0.1) is 13.2 Å². The molecule has 1 fully saturated rings. The zero-order valence-electron chi connectivity index (χ0n) is 12.3. The van der Waals surface area contributed by atoms with Crippen LogP contribution in [0.1, 0.15) is 5.82 Å². The third-order valence-corrected chi connectivity index (χ3v) is 3.69. The molecule has 6 heteroatoms. The molecule has 4 heterocycles. The summed E-state index contributed by atoms with van der Waals surface area (Å²) in [6.45, 7) is 4.93. The Morgan fingerprint density at radius 3 is 2.77 bits per heavy atom. The second-order valence-electron chi connectivity index (χ2n) is 5.23. The molecule has 0 bridgehead atoms. The predicted molar refractivity (Wildman–Crippen MR) is 82.8 cm³/mol. The van der Waals surface area contributed by atoms with Gasteiger partial charge in [0.25, 0.3) is 0 Å². The van der Waals surface area contributed by atoms with Gasteiger partial charge in [0.1, 0.15) is 17.0 Å². The summed E-state index contributed by atoms with van der Waals surface area (Å²) in [4.78, 5) is 15.6. The van der Waals surface area contributed by atoms with Crippen LogP contribution in [0.2, 0.25) is 0 Å². The number of hydrogen-bond acceptors (Lipinski definition) is 6. The molecule has 3 aromatic rings. The Labute approximate surface area is 127 Å². The van der Waals surface area contributed by atoms with E-state index in [0.717, 1.165) is 35.9 Å². The monoisotopic (exact) mass is 296 g/mol. The number of hydrogen-bond donors (Lipinski definition) is 0. The first-order chi connectivity index (χ1) is 10.8. The molecule has 1 aliphatic rings. The standard InChI is InChI=1S/C16H16N4O2/c1-11-18-13-10-14(12-4-2-3-5-17-12)22-15(13)16(19-11)20-6-8-21-9-7-20/h2-5,10H,6-9H2,1H3. The van der Waals surface area contributed by atoms with Crippen molar-refractivity contribution in [2.75, 3.05) is 31.2 Å². The molecule has 0 aliphatic carbocycles. The number of anilines is 1. The molecule has 0 radical (unpaired) electrons. The minimum atomic E-state index is 0.707. The number of aryl methyl sites for hydroxylation is 1. The fourth-order valence-corrected chi connectivity index (χ4v) is 2.65. The first-order valence-electron chi connectivity index (χ1n) is 7.33. The quantitative estimate of drug-likeness (QED) is 0.723. The van der Waals surface area contributed by atoms with Crippen LogP contribution in [0.3, 0.4) is 0 Å². The van der Waals surface area contributed by atoms with E-state index < -0.39 is 0 Å². The van der Waals surface area contributed by atoms with E-state index in [1.54, 1.807) is 6.20 Å². The van der Waals surface area contributed by atoms with Gasteiger partial charge in [-0.05, 0) is 19.1 Å². The molecule has 1 aliphatic heterocycles. The maximum Gasteiger partial charge on any atom is 0.195 e. The van der Waals surface area contributed by atoms with Crippen molar-refractivity contribution in [1.82, 2.24) is 15.0 Å². The lowest BCUT2D eigenvalue weighted by atomic mass is 10.3. The average molecular weight is 296 g/mol. The molecule has 1 saturated heterocycles. The van der Waals surface area contributed by atoms with Crippen molar-refractivity contribution in [1.29, 1.82) is 0 Å². The molecule has 22 heavy (non-hydrogen) atoms. The molecule has 0 spiro atoms. The first kappa shape index (κ1) is 13.2. The van der Waals surface area contributed by atoms with Crippen LogP contribution in [0.4, 0.5) is 5.82 Å². The van der Waals surface area contributed by atoms with Crippen molar-refractivity contribution < 1.29 is 9.15 Å². The second kappa shape index (κ2) is 5.38. The van der Waals surface area contributed by atoms with Gasteiger partial charge >= 0.3 is 0 Å². The number of aromatic nitrogens is 3. The number of morpholine rings is 1. The fraction of sp³-hybridized carbons (Fsp3) is 0.312. The van der Waals surface area contributed by atoms with Crippen molar-refractivity contribution in [3.8, 4) is 11.5 Å². The lowest BCUT2D eigenvalue weighted by molar-refractivity contribution is 0.122. The minimum Gasteiger partial charge on any atom is -0.449 e. The van der Waals surface area contributed by atoms with Gasteiger partial charge in [0.15, 0.2) is 17.2 Å². The highest BCUT2D eigenvalue weighted by Gasteiger charge is 2.20. The Kier molecular flexibility index (Phi) is 3.23. The van der Waals surface area contributed by atoms with Gasteiger partial charge in [-0.15, -0.1) is 0 Å². The highest BCUT2D eigenvalue weighted by atomic mass is 16.5.